The lowest BCUT2D eigenvalue weighted by Crippen LogP contribution is -2.43. The van der Waals surface area contributed by atoms with Crippen LogP contribution in [0.1, 0.15) is 11.1 Å². The monoisotopic (exact) mass is 413 g/mol. The van der Waals surface area contributed by atoms with E-state index in [1.54, 1.807) is 0 Å². The standard InChI is InChI=1S/C26H23NO4/c28-25(17-31-16-18-8-2-1-3-9-18)27-24(26(29)30)15-23-21-12-6-4-10-19(21)14-20-11-5-7-13-22(20)23/h1-14,24H,15-17H2,(H,27,28)(H,29,30)/t24-/m1/s1. The topological polar surface area (TPSA) is 75.6 Å². The number of carboxylic acids is 1. The maximum atomic E-state index is 12.4. The van der Waals surface area contributed by atoms with Crippen molar-refractivity contribution in [3.8, 4) is 0 Å². The first kappa shape index (κ1) is 20.6. The number of fused-ring (bicyclic) bond motifs is 2. The molecule has 0 radical (unpaired) electrons. The zero-order valence-corrected chi connectivity index (χ0v) is 17.0. The highest BCUT2D eigenvalue weighted by molar-refractivity contribution is 6.02. The van der Waals surface area contributed by atoms with Crippen LogP contribution in [0, 0.1) is 0 Å². The van der Waals surface area contributed by atoms with E-state index < -0.39 is 17.9 Å². The van der Waals surface area contributed by atoms with Gasteiger partial charge in [-0.2, -0.15) is 0 Å². The fraction of sp³-hybridized carbons (Fsp3) is 0.154. The van der Waals surface area contributed by atoms with E-state index in [0.29, 0.717) is 6.61 Å². The Kier molecular flexibility index (Phi) is 6.24. The van der Waals surface area contributed by atoms with Gasteiger partial charge in [-0.3, -0.25) is 4.79 Å². The van der Waals surface area contributed by atoms with E-state index in [9.17, 15) is 14.7 Å². The number of benzene rings is 4. The lowest BCUT2D eigenvalue weighted by Gasteiger charge is -2.18. The Hall–Kier alpha value is -3.70. The van der Waals surface area contributed by atoms with Crippen molar-refractivity contribution < 1.29 is 19.4 Å². The van der Waals surface area contributed by atoms with E-state index in [1.807, 2.05) is 78.9 Å². The summed E-state index contributed by atoms with van der Waals surface area (Å²) in [5, 5.41) is 16.4. The van der Waals surface area contributed by atoms with E-state index in [1.165, 1.54) is 0 Å². The molecule has 0 fully saturated rings. The molecule has 0 unspecified atom stereocenters. The lowest BCUT2D eigenvalue weighted by atomic mass is 9.92. The van der Waals surface area contributed by atoms with Gasteiger partial charge in [0.05, 0.1) is 6.61 Å². The maximum absolute atomic E-state index is 12.4. The van der Waals surface area contributed by atoms with E-state index in [2.05, 4.69) is 11.4 Å². The average Bonchev–Trinajstić information content (AvgIpc) is 2.79. The highest BCUT2D eigenvalue weighted by atomic mass is 16.5. The van der Waals surface area contributed by atoms with Crippen molar-refractivity contribution in [1.29, 1.82) is 0 Å². The normalized spacial score (nSPS) is 12.0. The number of carbonyl (C=O) groups excluding carboxylic acids is 1. The second-order valence-electron chi connectivity index (χ2n) is 7.44. The molecule has 2 N–H and O–H groups in total. The van der Waals surface area contributed by atoms with Crippen LogP contribution in [0.2, 0.25) is 0 Å². The summed E-state index contributed by atoms with van der Waals surface area (Å²) in [5.74, 6) is -1.53. The third kappa shape index (κ3) is 4.90. The first-order chi connectivity index (χ1) is 15.1. The molecule has 156 valence electrons. The fourth-order valence-corrected chi connectivity index (χ4v) is 3.80. The Morgan fingerprint density at radius 1 is 0.839 bits per heavy atom. The van der Waals surface area contributed by atoms with Crippen LogP contribution in [-0.4, -0.2) is 29.6 Å². The van der Waals surface area contributed by atoms with Gasteiger partial charge in [0.2, 0.25) is 5.91 Å². The highest BCUT2D eigenvalue weighted by Gasteiger charge is 2.22. The molecule has 4 aromatic carbocycles. The van der Waals surface area contributed by atoms with Crippen molar-refractivity contribution in [2.75, 3.05) is 6.61 Å². The first-order valence-electron chi connectivity index (χ1n) is 10.1. The van der Waals surface area contributed by atoms with Gasteiger partial charge in [0.25, 0.3) is 0 Å². The molecule has 0 aliphatic rings. The molecule has 5 heteroatoms. The van der Waals surface area contributed by atoms with Crippen molar-refractivity contribution in [2.24, 2.45) is 0 Å². The first-order valence-corrected chi connectivity index (χ1v) is 10.1. The second kappa shape index (κ2) is 9.41. The third-order valence-corrected chi connectivity index (χ3v) is 5.27. The molecule has 0 aliphatic carbocycles. The summed E-state index contributed by atoms with van der Waals surface area (Å²) in [4.78, 5) is 24.3. The number of hydrogen-bond donors (Lipinski definition) is 2. The zero-order valence-electron chi connectivity index (χ0n) is 17.0. The number of amides is 1. The third-order valence-electron chi connectivity index (χ3n) is 5.27. The molecule has 0 spiro atoms. The van der Waals surface area contributed by atoms with Crippen molar-refractivity contribution in [1.82, 2.24) is 5.32 Å². The SMILES string of the molecule is O=C(COCc1ccccc1)N[C@H](Cc1c2ccccc2cc2ccccc12)C(=O)O. The van der Waals surface area contributed by atoms with Crippen molar-refractivity contribution in [3.63, 3.8) is 0 Å². The minimum absolute atomic E-state index is 0.182. The Bertz CT molecular complexity index is 1170. The Morgan fingerprint density at radius 3 is 2.03 bits per heavy atom. The summed E-state index contributed by atoms with van der Waals surface area (Å²) in [7, 11) is 0. The largest absolute Gasteiger partial charge is 0.480 e. The van der Waals surface area contributed by atoms with E-state index >= 15 is 0 Å². The van der Waals surface area contributed by atoms with Gasteiger partial charge in [-0.25, -0.2) is 4.79 Å². The molecule has 31 heavy (non-hydrogen) atoms. The second-order valence-corrected chi connectivity index (χ2v) is 7.44. The Balaban J connectivity index is 1.52. The Labute approximate surface area is 180 Å². The predicted molar refractivity (Wildman–Crippen MR) is 121 cm³/mol. The molecule has 5 nitrogen and oxygen atoms in total. The molecule has 0 bridgehead atoms. The summed E-state index contributed by atoms with van der Waals surface area (Å²) in [6.45, 7) is 0.0922. The fourth-order valence-electron chi connectivity index (χ4n) is 3.80. The molecule has 1 atom stereocenters. The summed E-state index contributed by atoms with van der Waals surface area (Å²) in [6, 6.07) is 26.3. The Morgan fingerprint density at radius 2 is 1.42 bits per heavy atom. The summed E-state index contributed by atoms with van der Waals surface area (Å²) in [6.07, 6.45) is 0.182. The summed E-state index contributed by atoms with van der Waals surface area (Å²) >= 11 is 0. The number of ether oxygens (including phenoxy) is 1. The van der Waals surface area contributed by atoms with E-state index in [0.717, 1.165) is 32.7 Å². The van der Waals surface area contributed by atoms with Gasteiger partial charge in [0, 0.05) is 6.42 Å². The number of carbonyl (C=O) groups is 2. The average molecular weight is 413 g/mol. The smallest absolute Gasteiger partial charge is 0.326 e. The summed E-state index contributed by atoms with van der Waals surface area (Å²) in [5.41, 5.74) is 1.86. The van der Waals surface area contributed by atoms with Crippen LogP contribution in [0.15, 0.2) is 84.9 Å². The van der Waals surface area contributed by atoms with Gasteiger partial charge >= 0.3 is 5.97 Å². The molecular formula is C26H23NO4. The number of rotatable bonds is 8. The van der Waals surface area contributed by atoms with E-state index in [4.69, 9.17) is 4.74 Å². The van der Waals surface area contributed by atoms with Crippen LogP contribution in [0.3, 0.4) is 0 Å². The molecule has 0 aliphatic heterocycles. The minimum atomic E-state index is -1.08. The van der Waals surface area contributed by atoms with E-state index in [-0.39, 0.29) is 13.0 Å². The van der Waals surface area contributed by atoms with Crippen molar-refractivity contribution in [2.45, 2.75) is 19.1 Å². The van der Waals surface area contributed by atoms with Crippen molar-refractivity contribution >= 4 is 33.4 Å². The molecule has 4 rings (SSSR count). The van der Waals surface area contributed by atoms with Gasteiger partial charge in [0.1, 0.15) is 12.6 Å². The van der Waals surface area contributed by atoms with Crippen LogP contribution >= 0.6 is 0 Å². The van der Waals surface area contributed by atoms with Crippen molar-refractivity contribution in [3.05, 3.63) is 96.1 Å². The zero-order chi connectivity index (χ0) is 21.6. The number of carboxylic acid groups (broad SMARTS) is 1. The number of nitrogens with one attached hydrogen (secondary N) is 1. The predicted octanol–water partition coefficient (Wildman–Crippen LogP) is 4.32. The van der Waals surface area contributed by atoms with Gasteiger partial charge in [-0.05, 0) is 38.7 Å². The quantitative estimate of drug-likeness (QED) is 0.422. The molecule has 0 heterocycles. The van der Waals surface area contributed by atoms with Gasteiger partial charge in [0.15, 0.2) is 0 Å². The minimum Gasteiger partial charge on any atom is -0.480 e. The maximum Gasteiger partial charge on any atom is 0.326 e. The van der Waals surface area contributed by atoms with Crippen LogP contribution in [0.4, 0.5) is 0 Å². The highest BCUT2D eigenvalue weighted by Crippen LogP contribution is 2.29. The molecule has 0 aromatic heterocycles. The van der Waals surface area contributed by atoms with Gasteiger partial charge in [-0.1, -0.05) is 78.9 Å². The molecular weight excluding hydrogens is 390 g/mol. The lowest BCUT2D eigenvalue weighted by molar-refractivity contribution is -0.142. The number of hydrogen-bond acceptors (Lipinski definition) is 3. The molecule has 4 aromatic rings. The van der Waals surface area contributed by atoms with Crippen LogP contribution < -0.4 is 5.32 Å². The molecule has 0 saturated carbocycles. The summed E-state index contributed by atoms with van der Waals surface area (Å²) < 4.78 is 5.45. The molecule has 1 amide bonds. The number of aliphatic carboxylic acids is 1. The van der Waals surface area contributed by atoms with Gasteiger partial charge in [-0.15, -0.1) is 0 Å². The van der Waals surface area contributed by atoms with Gasteiger partial charge < -0.3 is 15.2 Å². The van der Waals surface area contributed by atoms with Crippen LogP contribution in [0.25, 0.3) is 21.5 Å². The molecule has 0 saturated heterocycles. The van der Waals surface area contributed by atoms with Crippen LogP contribution in [0.5, 0.6) is 0 Å². The van der Waals surface area contributed by atoms with Crippen LogP contribution in [-0.2, 0) is 27.4 Å².